The maximum absolute atomic E-state index is 12.8. The fourth-order valence-electron chi connectivity index (χ4n) is 4.03. The van der Waals surface area contributed by atoms with Crippen molar-refractivity contribution >= 4 is 33.2 Å². The van der Waals surface area contributed by atoms with Crippen LogP contribution in [-0.2, 0) is 16.6 Å². The van der Waals surface area contributed by atoms with Gasteiger partial charge in [-0.05, 0) is 69.7 Å². The molecule has 1 saturated heterocycles. The van der Waals surface area contributed by atoms with Crippen LogP contribution in [0.1, 0.15) is 47.6 Å². The van der Waals surface area contributed by atoms with Gasteiger partial charge in [0.2, 0.25) is 10.0 Å². The summed E-state index contributed by atoms with van der Waals surface area (Å²) in [5.74, 6) is 0.494. The lowest BCUT2D eigenvalue weighted by atomic mass is 10.0. The fraction of sp³-hybridized carbons (Fsp3) is 0.524. The molecule has 0 radical (unpaired) electrons. The number of carbonyl (C=O) groups is 1. The van der Waals surface area contributed by atoms with Crippen LogP contribution in [0.5, 0.6) is 0 Å². The van der Waals surface area contributed by atoms with Gasteiger partial charge in [0.1, 0.15) is 10.8 Å². The monoisotopic (exact) mass is 478 g/mol. The van der Waals surface area contributed by atoms with Crippen molar-refractivity contribution in [3.8, 4) is 0 Å². The summed E-state index contributed by atoms with van der Waals surface area (Å²) in [4.78, 5) is 24.5. The molecule has 11 heteroatoms. The van der Waals surface area contributed by atoms with Crippen molar-refractivity contribution in [2.24, 2.45) is 11.8 Å². The maximum Gasteiger partial charge on any atom is 0.271 e. The Bertz CT molecular complexity index is 1090. The number of halogens is 1. The fourth-order valence-corrected chi connectivity index (χ4v) is 5.87. The zero-order chi connectivity index (χ0) is 22.7. The molecule has 2 unspecified atom stereocenters. The largest absolute Gasteiger partial charge is 0.345 e. The number of rotatable bonds is 9. The molecule has 0 spiro atoms. The van der Waals surface area contributed by atoms with Crippen LogP contribution in [0.3, 0.4) is 0 Å². The molecule has 1 aliphatic carbocycles. The van der Waals surface area contributed by atoms with Crippen molar-refractivity contribution in [2.75, 3.05) is 17.8 Å². The molecule has 0 aromatic carbocycles. The maximum atomic E-state index is 12.8. The number of nitrogens with zero attached hydrogens (tertiary/aromatic N) is 3. The minimum absolute atomic E-state index is 0.124. The van der Waals surface area contributed by atoms with Gasteiger partial charge in [-0.15, -0.1) is 0 Å². The first-order valence-corrected chi connectivity index (χ1v) is 12.7. The SMILES string of the molecule is Cc1nc(C(=O)NCc2cc(NS(=O)(=O)C3CC3CC[C@H]3CCNC3)ccn2)cnc1Cl. The normalized spacial score (nSPS) is 22.5. The number of pyridine rings is 1. The molecule has 3 atom stereocenters. The van der Waals surface area contributed by atoms with Gasteiger partial charge in [-0.25, -0.2) is 18.4 Å². The van der Waals surface area contributed by atoms with Crippen molar-refractivity contribution in [2.45, 2.75) is 44.4 Å². The average molecular weight is 479 g/mol. The van der Waals surface area contributed by atoms with Gasteiger partial charge >= 0.3 is 0 Å². The van der Waals surface area contributed by atoms with Crippen LogP contribution in [0.2, 0.25) is 5.15 Å². The Balaban J connectivity index is 1.29. The van der Waals surface area contributed by atoms with Crippen molar-refractivity contribution < 1.29 is 13.2 Å². The summed E-state index contributed by atoms with van der Waals surface area (Å²) in [5.41, 5.74) is 1.58. The average Bonchev–Trinajstić information content (AvgIpc) is 3.38. The zero-order valence-electron chi connectivity index (χ0n) is 17.8. The molecule has 1 saturated carbocycles. The van der Waals surface area contributed by atoms with Crippen LogP contribution < -0.4 is 15.4 Å². The quantitative estimate of drug-likeness (QED) is 0.504. The molecule has 0 bridgehead atoms. The van der Waals surface area contributed by atoms with Gasteiger partial charge < -0.3 is 10.6 Å². The molecule has 2 aromatic heterocycles. The summed E-state index contributed by atoms with van der Waals surface area (Å²) >= 11 is 5.84. The number of amides is 1. The van der Waals surface area contributed by atoms with Gasteiger partial charge in [0.25, 0.3) is 5.91 Å². The number of carbonyl (C=O) groups excluding carboxylic acids is 1. The molecule has 3 heterocycles. The van der Waals surface area contributed by atoms with Gasteiger partial charge in [0, 0.05) is 6.20 Å². The van der Waals surface area contributed by atoms with Gasteiger partial charge in [-0.2, -0.15) is 0 Å². The third kappa shape index (κ3) is 5.73. The predicted octanol–water partition coefficient (Wildman–Crippen LogP) is 2.28. The van der Waals surface area contributed by atoms with E-state index in [4.69, 9.17) is 11.6 Å². The zero-order valence-corrected chi connectivity index (χ0v) is 19.4. The van der Waals surface area contributed by atoms with E-state index in [9.17, 15) is 13.2 Å². The first kappa shape index (κ1) is 22.9. The van der Waals surface area contributed by atoms with E-state index in [1.165, 1.54) is 18.8 Å². The van der Waals surface area contributed by atoms with Crippen LogP contribution >= 0.6 is 11.6 Å². The molecule has 2 aromatic rings. The number of hydrogen-bond acceptors (Lipinski definition) is 7. The van der Waals surface area contributed by atoms with Gasteiger partial charge in [-0.1, -0.05) is 11.6 Å². The number of sulfonamides is 1. The van der Waals surface area contributed by atoms with E-state index in [0.29, 0.717) is 29.4 Å². The number of nitrogens with one attached hydrogen (secondary N) is 3. The number of aryl methyl sites for hydroxylation is 1. The Labute approximate surface area is 192 Å². The second-order valence-electron chi connectivity index (χ2n) is 8.47. The van der Waals surface area contributed by atoms with Crippen LogP contribution in [-0.4, -0.2) is 47.6 Å². The molecule has 1 amide bonds. The highest BCUT2D eigenvalue weighted by molar-refractivity contribution is 7.93. The summed E-state index contributed by atoms with van der Waals surface area (Å²) in [7, 11) is -3.45. The van der Waals surface area contributed by atoms with Gasteiger partial charge in [0.05, 0.1) is 35.1 Å². The van der Waals surface area contributed by atoms with Crippen LogP contribution in [0, 0.1) is 18.8 Å². The third-order valence-electron chi connectivity index (χ3n) is 5.99. The molecule has 4 rings (SSSR count). The van der Waals surface area contributed by atoms with E-state index >= 15 is 0 Å². The van der Waals surface area contributed by atoms with Crippen LogP contribution in [0.15, 0.2) is 24.5 Å². The van der Waals surface area contributed by atoms with E-state index in [1.807, 2.05) is 0 Å². The lowest BCUT2D eigenvalue weighted by Crippen LogP contribution is -2.25. The van der Waals surface area contributed by atoms with E-state index in [-0.39, 0.29) is 28.6 Å². The second-order valence-corrected chi connectivity index (χ2v) is 10.7. The van der Waals surface area contributed by atoms with E-state index in [2.05, 4.69) is 30.3 Å². The van der Waals surface area contributed by atoms with Gasteiger partial charge in [-0.3, -0.25) is 14.5 Å². The van der Waals surface area contributed by atoms with Crippen LogP contribution in [0.4, 0.5) is 5.69 Å². The predicted molar refractivity (Wildman–Crippen MR) is 122 cm³/mol. The van der Waals surface area contributed by atoms with Crippen molar-refractivity contribution in [1.29, 1.82) is 0 Å². The molecular formula is C21H27ClN6O3S. The van der Waals surface area contributed by atoms with E-state index in [0.717, 1.165) is 25.9 Å². The molecule has 3 N–H and O–H groups in total. The Hall–Kier alpha value is -2.30. The highest BCUT2D eigenvalue weighted by atomic mass is 35.5. The molecule has 1 aliphatic heterocycles. The molecule has 32 heavy (non-hydrogen) atoms. The minimum atomic E-state index is -3.45. The Morgan fingerprint density at radius 2 is 2.16 bits per heavy atom. The second kappa shape index (κ2) is 9.68. The molecule has 172 valence electrons. The summed E-state index contributed by atoms with van der Waals surface area (Å²) < 4.78 is 28.2. The summed E-state index contributed by atoms with van der Waals surface area (Å²) in [6, 6.07) is 3.23. The molecule has 2 fully saturated rings. The topological polar surface area (TPSA) is 126 Å². The van der Waals surface area contributed by atoms with Crippen molar-refractivity contribution in [3.05, 3.63) is 46.8 Å². The first-order valence-electron chi connectivity index (χ1n) is 10.8. The van der Waals surface area contributed by atoms with Gasteiger partial charge in [0.15, 0.2) is 0 Å². The molecule has 9 nitrogen and oxygen atoms in total. The third-order valence-corrected chi connectivity index (χ3v) is 8.26. The van der Waals surface area contributed by atoms with Crippen molar-refractivity contribution in [3.63, 3.8) is 0 Å². The highest BCUT2D eigenvalue weighted by Crippen LogP contribution is 2.42. The number of aromatic nitrogens is 3. The summed E-state index contributed by atoms with van der Waals surface area (Å²) in [6.07, 6.45) is 6.76. The highest BCUT2D eigenvalue weighted by Gasteiger charge is 2.47. The van der Waals surface area contributed by atoms with E-state index < -0.39 is 15.9 Å². The standard InChI is InChI=1S/C21H27ClN6O3S/c1-13-20(22)25-12-18(27-13)21(29)26-11-17-9-16(5-7-24-17)28-32(30,31)19-8-15(19)3-2-14-4-6-23-10-14/h5,7,9,12,14-15,19,23H,2-4,6,8,10-11H2,1H3,(H,24,28)(H,26,29)/t14-,15?,19?/m0/s1. The van der Waals surface area contributed by atoms with Crippen LogP contribution in [0.25, 0.3) is 0 Å². The Morgan fingerprint density at radius 1 is 1.31 bits per heavy atom. The number of hydrogen-bond donors (Lipinski definition) is 3. The lowest BCUT2D eigenvalue weighted by Gasteiger charge is -2.11. The minimum Gasteiger partial charge on any atom is -0.345 e. The number of anilines is 1. The Kier molecular flexibility index (Phi) is 6.92. The molecule has 2 aliphatic rings. The molecular weight excluding hydrogens is 452 g/mol. The smallest absolute Gasteiger partial charge is 0.271 e. The van der Waals surface area contributed by atoms with E-state index in [1.54, 1.807) is 19.1 Å². The Morgan fingerprint density at radius 3 is 2.91 bits per heavy atom. The first-order chi connectivity index (χ1) is 15.3. The summed E-state index contributed by atoms with van der Waals surface area (Å²) in [5, 5.41) is 5.97. The lowest BCUT2D eigenvalue weighted by molar-refractivity contribution is 0.0944. The summed E-state index contributed by atoms with van der Waals surface area (Å²) in [6.45, 7) is 3.90. The van der Waals surface area contributed by atoms with Crippen molar-refractivity contribution in [1.82, 2.24) is 25.6 Å².